The molecule has 0 fully saturated rings. The summed E-state index contributed by atoms with van der Waals surface area (Å²) in [6.07, 6.45) is -0.284. The number of cyclic esters (lactones) is 1. The van der Waals surface area contributed by atoms with Crippen molar-refractivity contribution >= 4 is 11.8 Å². The molecule has 1 aromatic rings. The summed E-state index contributed by atoms with van der Waals surface area (Å²) in [6.45, 7) is 0.388. The molecule has 0 radical (unpaired) electrons. The van der Waals surface area contributed by atoms with Gasteiger partial charge in [-0.15, -0.1) is 0 Å². The maximum absolute atomic E-state index is 11.1. The molecule has 3 nitrogen and oxygen atoms in total. The van der Waals surface area contributed by atoms with E-state index in [1.54, 1.807) is 7.05 Å². The van der Waals surface area contributed by atoms with Crippen LogP contribution in [0.15, 0.2) is 24.3 Å². The Morgan fingerprint density at radius 2 is 2.17 bits per heavy atom. The number of benzene rings is 1. The van der Waals surface area contributed by atoms with Gasteiger partial charge < -0.3 is 4.74 Å². The van der Waals surface area contributed by atoms with Crippen LogP contribution in [0.1, 0.15) is 5.56 Å². The summed E-state index contributed by atoms with van der Waals surface area (Å²) >= 11 is 0. The molecule has 0 atom stereocenters. The van der Waals surface area contributed by atoms with Gasteiger partial charge in [-0.05, 0) is 6.07 Å². The van der Waals surface area contributed by atoms with E-state index in [-0.39, 0.29) is 6.09 Å². The van der Waals surface area contributed by atoms with E-state index in [9.17, 15) is 4.79 Å². The van der Waals surface area contributed by atoms with Crippen LogP contribution in [0.3, 0.4) is 0 Å². The molecule has 0 aliphatic carbocycles. The van der Waals surface area contributed by atoms with Crippen molar-refractivity contribution in [2.24, 2.45) is 0 Å². The smallest absolute Gasteiger partial charge is 0.414 e. The first-order valence-electron chi connectivity index (χ1n) is 3.77. The Morgan fingerprint density at radius 3 is 3.00 bits per heavy atom. The Labute approximate surface area is 70.6 Å². The zero-order valence-electron chi connectivity index (χ0n) is 6.78. The quantitative estimate of drug-likeness (QED) is 0.583. The summed E-state index contributed by atoms with van der Waals surface area (Å²) in [4.78, 5) is 12.6. The van der Waals surface area contributed by atoms with E-state index in [0.29, 0.717) is 6.61 Å². The number of para-hydroxylation sites is 1. The van der Waals surface area contributed by atoms with Gasteiger partial charge in [0.1, 0.15) is 6.61 Å². The van der Waals surface area contributed by atoms with Gasteiger partial charge in [0.2, 0.25) is 0 Å². The summed E-state index contributed by atoms with van der Waals surface area (Å²) < 4.78 is 4.90. The zero-order valence-corrected chi connectivity index (χ0v) is 6.78. The van der Waals surface area contributed by atoms with Crippen LogP contribution >= 0.6 is 0 Å². The minimum Gasteiger partial charge on any atom is -0.444 e. The van der Waals surface area contributed by atoms with E-state index in [1.807, 2.05) is 24.3 Å². The number of hydrogen-bond donors (Lipinski definition) is 0. The number of fused-ring (bicyclic) bond motifs is 1. The fraction of sp³-hybridized carbons (Fsp3) is 0.222. The van der Waals surface area contributed by atoms with Crippen molar-refractivity contribution in [2.45, 2.75) is 6.61 Å². The first-order chi connectivity index (χ1) is 5.79. The monoisotopic (exact) mass is 163 g/mol. The predicted octanol–water partition coefficient (Wildman–Crippen LogP) is 1.77. The van der Waals surface area contributed by atoms with Crippen molar-refractivity contribution < 1.29 is 9.53 Å². The van der Waals surface area contributed by atoms with E-state index in [1.165, 1.54) is 4.90 Å². The fourth-order valence-electron chi connectivity index (χ4n) is 1.29. The summed E-state index contributed by atoms with van der Waals surface area (Å²) in [5.41, 5.74) is 1.99. The molecule has 0 saturated heterocycles. The molecule has 1 aliphatic rings. The first kappa shape index (κ1) is 7.16. The van der Waals surface area contributed by atoms with Gasteiger partial charge in [-0.3, -0.25) is 4.90 Å². The highest BCUT2D eigenvalue weighted by molar-refractivity contribution is 5.89. The number of amides is 1. The number of carbonyl (C=O) groups is 1. The molecule has 3 heteroatoms. The zero-order chi connectivity index (χ0) is 8.55. The van der Waals surface area contributed by atoms with E-state index >= 15 is 0 Å². The Bertz CT molecular complexity index is 322. The summed E-state index contributed by atoms with van der Waals surface area (Å²) in [6, 6.07) is 7.72. The number of ether oxygens (including phenoxy) is 1. The Balaban J connectivity index is 2.48. The van der Waals surface area contributed by atoms with Gasteiger partial charge in [-0.25, -0.2) is 4.79 Å². The van der Waals surface area contributed by atoms with Crippen LogP contribution in [-0.4, -0.2) is 13.1 Å². The van der Waals surface area contributed by atoms with Gasteiger partial charge in [0.25, 0.3) is 0 Å². The van der Waals surface area contributed by atoms with Crippen LogP contribution < -0.4 is 4.90 Å². The number of nitrogens with zero attached hydrogens (tertiary/aromatic N) is 1. The standard InChI is InChI=1S/C9H9NO2/c1-10-8-5-3-2-4-7(8)6-12-9(10)11/h2-5H,6H2,1H3. The minimum absolute atomic E-state index is 0.284. The molecule has 12 heavy (non-hydrogen) atoms. The van der Waals surface area contributed by atoms with E-state index < -0.39 is 0 Å². The van der Waals surface area contributed by atoms with Crippen molar-refractivity contribution in [3.05, 3.63) is 29.8 Å². The average molecular weight is 163 g/mol. The fourth-order valence-corrected chi connectivity index (χ4v) is 1.29. The van der Waals surface area contributed by atoms with Crippen molar-refractivity contribution in [2.75, 3.05) is 11.9 Å². The second kappa shape index (κ2) is 2.52. The molecular weight excluding hydrogens is 154 g/mol. The van der Waals surface area contributed by atoms with Crippen LogP contribution in [0.5, 0.6) is 0 Å². The lowest BCUT2D eigenvalue weighted by Crippen LogP contribution is -2.31. The molecule has 0 spiro atoms. The van der Waals surface area contributed by atoms with Crippen LogP contribution in [0.2, 0.25) is 0 Å². The van der Waals surface area contributed by atoms with Gasteiger partial charge in [-0.1, -0.05) is 18.2 Å². The highest BCUT2D eigenvalue weighted by Crippen LogP contribution is 2.24. The molecule has 1 heterocycles. The van der Waals surface area contributed by atoms with Gasteiger partial charge in [0.05, 0.1) is 5.69 Å². The molecule has 2 rings (SSSR count). The van der Waals surface area contributed by atoms with E-state index in [0.717, 1.165) is 11.3 Å². The molecule has 1 aliphatic heterocycles. The van der Waals surface area contributed by atoms with E-state index in [4.69, 9.17) is 4.74 Å². The third kappa shape index (κ3) is 0.942. The third-order valence-corrected chi connectivity index (χ3v) is 1.98. The molecule has 0 bridgehead atoms. The molecule has 62 valence electrons. The van der Waals surface area contributed by atoms with Gasteiger partial charge in [0, 0.05) is 12.6 Å². The maximum atomic E-state index is 11.1. The van der Waals surface area contributed by atoms with Gasteiger partial charge in [0.15, 0.2) is 0 Å². The highest BCUT2D eigenvalue weighted by Gasteiger charge is 2.20. The minimum atomic E-state index is -0.284. The molecule has 0 N–H and O–H groups in total. The van der Waals surface area contributed by atoms with Crippen molar-refractivity contribution in [1.29, 1.82) is 0 Å². The Hall–Kier alpha value is -1.51. The Morgan fingerprint density at radius 1 is 1.42 bits per heavy atom. The number of rotatable bonds is 0. The largest absolute Gasteiger partial charge is 0.444 e. The average Bonchev–Trinajstić information content (AvgIpc) is 2.12. The Kier molecular flexibility index (Phi) is 1.50. The van der Waals surface area contributed by atoms with Crippen molar-refractivity contribution in [1.82, 2.24) is 0 Å². The summed E-state index contributed by atoms with van der Waals surface area (Å²) in [7, 11) is 1.71. The predicted molar refractivity (Wildman–Crippen MR) is 45.0 cm³/mol. The molecule has 0 unspecified atom stereocenters. The maximum Gasteiger partial charge on any atom is 0.414 e. The normalized spacial score (nSPS) is 15.4. The van der Waals surface area contributed by atoms with Crippen LogP contribution in [0.25, 0.3) is 0 Å². The molecule has 0 saturated carbocycles. The van der Waals surface area contributed by atoms with Crippen LogP contribution in [0, 0.1) is 0 Å². The molecule has 0 aromatic heterocycles. The van der Waals surface area contributed by atoms with Crippen molar-refractivity contribution in [3.8, 4) is 0 Å². The second-order valence-corrected chi connectivity index (χ2v) is 2.74. The van der Waals surface area contributed by atoms with Gasteiger partial charge in [-0.2, -0.15) is 0 Å². The number of hydrogen-bond acceptors (Lipinski definition) is 2. The third-order valence-electron chi connectivity index (χ3n) is 1.98. The molecule has 1 amide bonds. The number of anilines is 1. The first-order valence-corrected chi connectivity index (χ1v) is 3.77. The van der Waals surface area contributed by atoms with Crippen LogP contribution in [-0.2, 0) is 11.3 Å². The lowest BCUT2D eigenvalue weighted by atomic mass is 10.1. The molecular formula is C9H9NO2. The van der Waals surface area contributed by atoms with Gasteiger partial charge >= 0.3 is 6.09 Å². The summed E-state index contributed by atoms with van der Waals surface area (Å²) in [5, 5.41) is 0. The SMILES string of the molecule is CN1C(=O)OCc2ccccc21. The lowest BCUT2D eigenvalue weighted by Gasteiger charge is -2.24. The topological polar surface area (TPSA) is 29.5 Å². The number of carbonyl (C=O) groups excluding carboxylic acids is 1. The van der Waals surface area contributed by atoms with E-state index in [2.05, 4.69) is 0 Å². The summed E-state index contributed by atoms with van der Waals surface area (Å²) in [5.74, 6) is 0. The molecule has 1 aromatic carbocycles. The highest BCUT2D eigenvalue weighted by atomic mass is 16.6. The van der Waals surface area contributed by atoms with Crippen molar-refractivity contribution in [3.63, 3.8) is 0 Å². The van der Waals surface area contributed by atoms with Crippen LogP contribution in [0.4, 0.5) is 10.5 Å². The lowest BCUT2D eigenvalue weighted by molar-refractivity contribution is 0.143. The second-order valence-electron chi connectivity index (χ2n) is 2.74.